The molecule has 4 heteroatoms. The van der Waals surface area contributed by atoms with Gasteiger partial charge in [-0.2, -0.15) is 0 Å². The van der Waals surface area contributed by atoms with Crippen molar-refractivity contribution in [2.45, 2.75) is 4.90 Å². The van der Waals surface area contributed by atoms with Gasteiger partial charge in [-0.15, -0.1) is 0 Å². The van der Waals surface area contributed by atoms with Crippen LogP contribution in [-0.2, 0) is 0 Å². The molecule has 1 aromatic rings. The average molecular weight is 159 g/mol. The van der Waals surface area contributed by atoms with E-state index in [1.807, 2.05) is 6.07 Å². The molecule has 0 fully saturated rings. The normalized spacial score (nSPS) is 9.33. The van der Waals surface area contributed by atoms with Crippen LogP contribution in [-0.4, -0.2) is 4.32 Å². The van der Waals surface area contributed by atoms with Gasteiger partial charge in [-0.1, -0.05) is 24.0 Å². The minimum Gasteiger partial charge on any atom is -0.471 e. The van der Waals surface area contributed by atoms with Gasteiger partial charge in [0.25, 0.3) is 0 Å². The van der Waals surface area contributed by atoms with Crippen molar-refractivity contribution in [1.82, 2.24) is 0 Å². The average Bonchev–Trinajstić information content (AvgIpc) is 2.15. The number of thioether (sulfide) groups is 1. The monoisotopic (exact) mass is 159 g/mol. The van der Waals surface area contributed by atoms with Crippen LogP contribution in [0.3, 0.4) is 0 Å². The van der Waals surface area contributed by atoms with Crippen molar-refractivity contribution in [2.75, 3.05) is 0 Å². The van der Waals surface area contributed by atoms with Gasteiger partial charge in [-0.3, -0.25) is 0 Å². The molecule has 9 heavy (non-hydrogen) atoms. The molecular formula is C5H5NOS2. The van der Waals surface area contributed by atoms with Crippen molar-refractivity contribution in [3.05, 3.63) is 18.6 Å². The molecule has 1 rings (SSSR count). The van der Waals surface area contributed by atoms with Crippen molar-refractivity contribution in [1.29, 1.82) is 0 Å². The van der Waals surface area contributed by atoms with E-state index in [2.05, 4.69) is 12.2 Å². The maximum atomic E-state index is 5.24. The van der Waals surface area contributed by atoms with Crippen LogP contribution in [0.5, 0.6) is 0 Å². The van der Waals surface area contributed by atoms with Gasteiger partial charge >= 0.3 is 0 Å². The van der Waals surface area contributed by atoms with Gasteiger partial charge in [0.15, 0.2) is 0 Å². The topological polar surface area (TPSA) is 39.2 Å². The summed E-state index contributed by atoms with van der Waals surface area (Å²) in [6, 6.07) is 1.81. The molecule has 1 heterocycles. The van der Waals surface area contributed by atoms with Crippen LogP contribution >= 0.6 is 24.0 Å². The van der Waals surface area contributed by atoms with E-state index in [0.717, 1.165) is 4.90 Å². The highest BCUT2D eigenvalue weighted by atomic mass is 32.2. The Labute approximate surface area is 62.4 Å². The van der Waals surface area contributed by atoms with E-state index in [0.29, 0.717) is 4.32 Å². The molecule has 0 amide bonds. The van der Waals surface area contributed by atoms with Crippen LogP contribution < -0.4 is 5.73 Å². The first kappa shape index (κ1) is 6.64. The Morgan fingerprint density at radius 1 is 1.78 bits per heavy atom. The molecule has 1 aromatic heterocycles. The summed E-state index contributed by atoms with van der Waals surface area (Å²) in [6.07, 6.45) is 3.18. The molecule has 0 atom stereocenters. The lowest BCUT2D eigenvalue weighted by molar-refractivity contribution is 0.562. The third-order valence-corrected chi connectivity index (χ3v) is 1.63. The summed E-state index contributed by atoms with van der Waals surface area (Å²) in [5.41, 5.74) is 5.24. The summed E-state index contributed by atoms with van der Waals surface area (Å²) in [6.45, 7) is 0. The predicted octanol–water partition coefficient (Wildman–Crippen LogP) is 1.62. The lowest BCUT2D eigenvalue weighted by Crippen LogP contribution is -2.00. The van der Waals surface area contributed by atoms with E-state index in [4.69, 9.17) is 10.2 Å². The van der Waals surface area contributed by atoms with Crippen LogP contribution in [0.15, 0.2) is 27.9 Å². The van der Waals surface area contributed by atoms with E-state index < -0.39 is 0 Å². The molecule has 0 aliphatic heterocycles. The zero-order valence-electron chi connectivity index (χ0n) is 4.53. The van der Waals surface area contributed by atoms with Crippen molar-refractivity contribution in [3.8, 4) is 0 Å². The molecule has 0 aliphatic carbocycles. The number of furan rings is 1. The fraction of sp³-hybridized carbons (Fsp3) is 0. The van der Waals surface area contributed by atoms with Gasteiger partial charge in [0.05, 0.1) is 11.2 Å². The van der Waals surface area contributed by atoms with Crippen molar-refractivity contribution in [3.63, 3.8) is 0 Å². The zero-order chi connectivity index (χ0) is 6.69. The van der Waals surface area contributed by atoms with Gasteiger partial charge in [0.2, 0.25) is 0 Å². The first-order chi connectivity index (χ1) is 4.29. The summed E-state index contributed by atoms with van der Waals surface area (Å²) in [4.78, 5) is 0.947. The molecule has 0 unspecified atom stereocenters. The molecular weight excluding hydrogens is 154 g/mol. The van der Waals surface area contributed by atoms with Crippen molar-refractivity contribution in [2.24, 2.45) is 5.73 Å². The maximum absolute atomic E-state index is 5.24. The van der Waals surface area contributed by atoms with Gasteiger partial charge in [0.1, 0.15) is 10.6 Å². The smallest absolute Gasteiger partial charge is 0.136 e. The third-order valence-electron chi connectivity index (χ3n) is 0.714. The second kappa shape index (κ2) is 2.89. The second-order valence-electron chi connectivity index (χ2n) is 1.38. The fourth-order valence-corrected chi connectivity index (χ4v) is 1.17. The van der Waals surface area contributed by atoms with Crippen molar-refractivity contribution >= 4 is 28.3 Å². The number of hydrogen-bond donors (Lipinski definition) is 1. The quantitative estimate of drug-likeness (QED) is 0.499. The summed E-state index contributed by atoms with van der Waals surface area (Å²) in [5, 5.41) is 0. The Morgan fingerprint density at radius 2 is 2.56 bits per heavy atom. The summed E-state index contributed by atoms with van der Waals surface area (Å²) < 4.78 is 5.19. The predicted molar refractivity (Wildman–Crippen MR) is 41.4 cm³/mol. The van der Waals surface area contributed by atoms with Crippen LogP contribution in [0.1, 0.15) is 0 Å². The first-order valence-electron chi connectivity index (χ1n) is 2.28. The van der Waals surface area contributed by atoms with E-state index in [9.17, 15) is 0 Å². The van der Waals surface area contributed by atoms with Gasteiger partial charge in [-0.05, 0) is 6.07 Å². The van der Waals surface area contributed by atoms with Crippen molar-refractivity contribution < 1.29 is 4.42 Å². The fourth-order valence-electron chi connectivity index (χ4n) is 0.426. The Kier molecular flexibility index (Phi) is 2.13. The minimum atomic E-state index is 0.413. The van der Waals surface area contributed by atoms with E-state index in [-0.39, 0.29) is 0 Å². The third kappa shape index (κ3) is 2.07. The standard InChI is InChI=1S/C5H5NOS2/c6-5(8)9-4-1-2-7-3-4/h1-3H,(H2,6,8). The summed E-state index contributed by atoms with van der Waals surface area (Å²) in [7, 11) is 0. The highest BCUT2D eigenvalue weighted by Crippen LogP contribution is 2.17. The number of rotatable bonds is 1. The van der Waals surface area contributed by atoms with Crippen LogP contribution in [0.2, 0.25) is 0 Å². The Bertz CT molecular complexity index is 195. The molecule has 48 valence electrons. The Morgan fingerprint density at radius 3 is 3.00 bits per heavy atom. The van der Waals surface area contributed by atoms with Gasteiger partial charge < -0.3 is 10.2 Å². The maximum Gasteiger partial charge on any atom is 0.136 e. The molecule has 0 aliphatic rings. The highest BCUT2D eigenvalue weighted by Gasteiger charge is 1.94. The SMILES string of the molecule is NC(=S)Sc1ccoc1. The van der Waals surface area contributed by atoms with Crippen LogP contribution in [0, 0.1) is 0 Å². The number of hydrogen-bond acceptors (Lipinski definition) is 3. The van der Waals surface area contributed by atoms with E-state index in [1.165, 1.54) is 11.8 Å². The lowest BCUT2D eigenvalue weighted by atomic mass is 10.7. The Hall–Kier alpha value is -0.480. The Balaban J connectivity index is 2.58. The lowest BCUT2D eigenvalue weighted by Gasteiger charge is -1.88. The minimum absolute atomic E-state index is 0.413. The molecule has 0 saturated heterocycles. The number of nitrogens with two attached hydrogens (primary N) is 1. The molecule has 0 bridgehead atoms. The molecule has 0 aromatic carbocycles. The summed E-state index contributed by atoms with van der Waals surface area (Å²) in [5.74, 6) is 0. The second-order valence-corrected chi connectivity index (χ2v) is 3.19. The van der Waals surface area contributed by atoms with Crippen LogP contribution in [0.25, 0.3) is 0 Å². The van der Waals surface area contributed by atoms with E-state index >= 15 is 0 Å². The van der Waals surface area contributed by atoms with Crippen LogP contribution in [0.4, 0.5) is 0 Å². The first-order valence-corrected chi connectivity index (χ1v) is 3.51. The van der Waals surface area contributed by atoms with Gasteiger partial charge in [0, 0.05) is 0 Å². The van der Waals surface area contributed by atoms with Gasteiger partial charge in [-0.25, -0.2) is 0 Å². The molecule has 0 saturated carbocycles. The van der Waals surface area contributed by atoms with E-state index in [1.54, 1.807) is 12.5 Å². The molecule has 2 N–H and O–H groups in total. The molecule has 2 nitrogen and oxygen atoms in total. The number of thiocarbonyl (C=S) groups is 1. The molecule has 0 radical (unpaired) electrons. The highest BCUT2D eigenvalue weighted by molar-refractivity contribution is 8.22. The molecule has 0 spiro atoms. The largest absolute Gasteiger partial charge is 0.471 e. The zero-order valence-corrected chi connectivity index (χ0v) is 6.17. The summed E-state index contributed by atoms with van der Waals surface area (Å²) >= 11 is 5.96.